The van der Waals surface area contributed by atoms with Crippen LogP contribution >= 0.6 is 0 Å². The maximum absolute atomic E-state index is 12.8. The highest BCUT2D eigenvalue weighted by Crippen LogP contribution is 2.37. The quantitative estimate of drug-likeness (QED) is 0.725. The van der Waals surface area contributed by atoms with Gasteiger partial charge in [-0.1, -0.05) is 19.4 Å². The van der Waals surface area contributed by atoms with Crippen molar-refractivity contribution < 1.29 is 17.9 Å². The highest BCUT2D eigenvalue weighted by atomic mass is 19.4. The van der Waals surface area contributed by atoms with Crippen molar-refractivity contribution in [3.8, 4) is 5.75 Å². The number of ether oxygens (including phenoxy) is 1. The maximum atomic E-state index is 12.8. The van der Waals surface area contributed by atoms with E-state index >= 15 is 0 Å². The van der Waals surface area contributed by atoms with Crippen molar-refractivity contribution in [1.82, 2.24) is 4.98 Å². The molecule has 1 aliphatic rings. The summed E-state index contributed by atoms with van der Waals surface area (Å²) in [4.78, 5) is 8.46. The summed E-state index contributed by atoms with van der Waals surface area (Å²) < 4.78 is 44.3. The highest BCUT2D eigenvalue weighted by molar-refractivity contribution is 6.08. The van der Waals surface area contributed by atoms with Gasteiger partial charge in [0.25, 0.3) is 0 Å². The maximum Gasteiger partial charge on any atom is 0.416 e. The van der Waals surface area contributed by atoms with Crippen LogP contribution < -0.4 is 4.74 Å². The predicted molar refractivity (Wildman–Crippen MR) is 86.0 cm³/mol. The van der Waals surface area contributed by atoms with E-state index in [1.54, 1.807) is 18.5 Å². The highest BCUT2D eigenvalue weighted by Gasteiger charge is 2.32. The molecule has 0 atom stereocenters. The van der Waals surface area contributed by atoms with Gasteiger partial charge >= 0.3 is 6.18 Å². The molecule has 1 aromatic carbocycles. The Hall–Kier alpha value is -2.37. The summed E-state index contributed by atoms with van der Waals surface area (Å²) in [6.45, 7) is 2.65. The minimum absolute atomic E-state index is 0.371. The number of benzene rings is 1. The standard InChI is InChI=1S/C18H17F3N2O/c1-2-3-8-24-17-11-22-7-6-14(17)16-9-12-4-5-13(18(19,20)21)10-15(12)23-16/h4-7,10-11H,2-3,8-9H2,1H3. The van der Waals surface area contributed by atoms with Gasteiger partial charge in [0.2, 0.25) is 0 Å². The molecule has 0 unspecified atom stereocenters. The van der Waals surface area contributed by atoms with Crippen molar-refractivity contribution >= 4 is 11.4 Å². The molecule has 1 aromatic heterocycles. The molecule has 0 saturated carbocycles. The van der Waals surface area contributed by atoms with Gasteiger partial charge in [-0.25, -0.2) is 0 Å². The van der Waals surface area contributed by atoms with Crippen LogP contribution in [0.2, 0.25) is 0 Å². The van der Waals surface area contributed by atoms with Crippen molar-refractivity contribution in [1.29, 1.82) is 0 Å². The van der Waals surface area contributed by atoms with Gasteiger partial charge in [-0.05, 0) is 30.2 Å². The van der Waals surface area contributed by atoms with Crippen LogP contribution in [-0.4, -0.2) is 17.3 Å². The van der Waals surface area contributed by atoms with Crippen LogP contribution in [0, 0.1) is 0 Å². The molecule has 0 aliphatic carbocycles. The number of aromatic nitrogens is 1. The van der Waals surface area contributed by atoms with Gasteiger partial charge < -0.3 is 4.74 Å². The SMILES string of the molecule is CCCCOc1cnccc1C1=Nc2cc(C(F)(F)F)ccc2C1. The van der Waals surface area contributed by atoms with Crippen LogP contribution in [0.25, 0.3) is 0 Å². The molecular formula is C18H17F3N2O. The minimum Gasteiger partial charge on any atom is -0.491 e. The van der Waals surface area contributed by atoms with Crippen LogP contribution in [0.1, 0.15) is 36.5 Å². The van der Waals surface area contributed by atoms with Crippen molar-refractivity contribution in [3.63, 3.8) is 0 Å². The third-order valence-electron chi connectivity index (χ3n) is 3.88. The van der Waals surface area contributed by atoms with Crippen LogP contribution in [-0.2, 0) is 12.6 Å². The Morgan fingerprint density at radius 2 is 2.04 bits per heavy atom. The first-order valence-electron chi connectivity index (χ1n) is 7.84. The molecule has 0 saturated heterocycles. The Kier molecular flexibility index (Phi) is 4.55. The molecule has 0 bridgehead atoms. The fourth-order valence-corrected chi connectivity index (χ4v) is 2.57. The van der Waals surface area contributed by atoms with Gasteiger partial charge in [-0.3, -0.25) is 9.98 Å². The number of halogens is 3. The number of aliphatic imine (C=N–C) groups is 1. The second-order valence-corrected chi connectivity index (χ2v) is 5.65. The van der Waals surface area contributed by atoms with Gasteiger partial charge in [0.05, 0.1) is 29.8 Å². The normalized spacial score (nSPS) is 13.6. The summed E-state index contributed by atoms with van der Waals surface area (Å²) in [5.74, 6) is 0.619. The largest absolute Gasteiger partial charge is 0.491 e. The van der Waals surface area contributed by atoms with E-state index in [1.807, 2.05) is 0 Å². The van der Waals surface area contributed by atoms with Crippen molar-refractivity contribution in [2.75, 3.05) is 6.61 Å². The van der Waals surface area contributed by atoms with E-state index in [2.05, 4.69) is 16.9 Å². The van der Waals surface area contributed by atoms with Crippen LogP contribution in [0.3, 0.4) is 0 Å². The molecule has 126 valence electrons. The Morgan fingerprint density at radius 3 is 2.79 bits per heavy atom. The molecule has 0 amide bonds. The second kappa shape index (κ2) is 6.63. The van der Waals surface area contributed by atoms with Crippen LogP contribution in [0.4, 0.5) is 18.9 Å². The average molecular weight is 334 g/mol. The predicted octanol–water partition coefficient (Wildman–Crippen LogP) is 4.96. The van der Waals surface area contributed by atoms with Gasteiger partial charge in [0.15, 0.2) is 0 Å². The number of unbranched alkanes of at least 4 members (excludes halogenated alkanes) is 1. The van der Waals surface area contributed by atoms with E-state index in [9.17, 15) is 13.2 Å². The number of hydrogen-bond acceptors (Lipinski definition) is 3. The molecule has 0 fully saturated rings. The van der Waals surface area contributed by atoms with Crippen LogP contribution in [0.5, 0.6) is 5.75 Å². The molecule has 24 heavy (non-hydrogen) atoms. The summed E-state index contributed by atoms with van der Waals surface area (Å²) in [6.07, 6.45) is 1.32. The lowest BCUT2D eigenvalue weighted by atomic mass is 10.0. The second-order valence-electron chi connectivity index (χ2n) is 5.65. The number of nitrogens with zero attached hydrogens (tertiary/aromatic N) is 2. The Bertz CT molecular complexity index is 769. The molecule has 3 rings (SSSR count). The molecule has 2 heterocycles. The first-order valence-corrected chi connectivity index (χ1v) is 7.84. The smallest absolute Gasteiger partial charge is 0.416 e. The lowest BCUT2D eigenvalue weighted by Gasteiger charge is -2.10. The molecule has 6 heteroatoms. The monoisotopic (exact) mass is 334 g/mol. The first-order chi connectivity index (χ1) is 11.5. The Balaban J connectivity index is 1.89. The van der Waals surface area contributed by atoms with E-state index in [-0.39, 0.29) is 0 Å². The molecular weight excluding hydrogens is 317 g/mol. The summed E-state index contributed by atoms with van der Waals surface area (Å²) in [6, 6.07) is 5.48. The summed E-state index contributed by atoms with van der Waals surface area (Å²) >= 11 is 0. The zero-order valence-electron chi connectivity index (χ0n) is 13.2. The summed E-state index contributed by atoms with van der Waals surface area (Å²) in [7, 11) is 0. The summed E-state index contributed by atoms with van der Waals surface area (Å²) in [5, 5.41) is 0. The Morgan fingerprint density at radius 1 is 1.21 bits per heavy atom. The van der Waals surface area contributed by atoms with Gasteiger partial charge in [0, 0.05) is 18.2 Å². The lowest BCUT2D eigenvalue weighted by molar-refractivity contribution is -0.137. The lowest BCUT2D eigenvalue weighted by Crippen LogP contribution is -2.06. The van der Waals surface area contributed by atoms with E-state index in [0.29, 0.717) is 30.2 Å². The van der Waals surface area contributed by atoms with Crippen molar-refractivity contribution in [2.45, 2.75) is 32.4 Å². The van der Waals surface area contributed by atoms with Crippen molar-refractivity contribution in [3.05, 3.63) is 53.3 Å². The van der Waals surface area contributed by atoms with Crippen molar-refractivity contribution in [2.24, 2.45) is 4.99 Å². The van der Waals surface area contributed by atoms with E-state index in [4.69, 9.17) is 4.74 Å². The fourth-order valence-electron chi connectivity index (χ4n) is 2.57. The van der Waals surface area contributed by atoms with Crippen LogP contribution in [0.15, 0.2) is 41.7 Å². The molecule has 3 nitrogen and oxygen atoms in total. The molecule has 1 aliphatic heterocycles. The number of hydrogen-bond donors (Lipinski definition) is 0. The van der Waals surface area contributed by atoms with Gasteiger partial charge in [-0.2, -0.15) is 13.2 Å². The third kappa shape index (κ3) is 3.42. The first kappa shape index (κ1) is 16.5. The summed E-state index contributed by atoms with van der Waals surface area (Å²) in [5.41, 5.74) is 1.97. The van der Waals surface area contributed by atoms with Gasteiger partial charge in [0.1, 0.15) is 5.75 Å². The number of rotatable bonds is 5. The average Bonchev–Trinajstić information content (AvgIpc) is 2.97. The Labute approximate surface area is 138 Å². The molecule has 2 aromatic rings. The third-order valence-corrected chi connectivity index (χ3v) is 3.88. The fraction of sp³-hybridized carbons (Fsp3) is 0.333. The number of alkyl halides is 3. The van der Waals surface area contributed by atoms with E-state index in [0.717, 1.165) is 36.1 Å². The van der Waals surface area contributed by atoms with E-state index < -0.39 is 11.7 Å². The van der Waals surface area contributed by atoms with E-state index in [1.165, 1.54) is 6.07 Å². The van der Waals surface area contributed by atoms with Gasteiger partial charge in [-0.15, -0.1) is 0 Å². The zero-order chi connectivity index (χ0) is 17.2. The zero-order valence-corrected chi connectivity index (χ0v) is 13.2. The minimum atomic E-state index is -4.36. The molecule has 0 N–H and O–H groups in total. The number of fused-ring (bicyclic) bond motifs is 1. The molecule has 0 spiro atoms. The molecule has 0 radical (unpaired) electrons. The number of pyridine rings is 1. The topological polar surface area (TPSA) is 34.5 Å².